The molecule has 1 N–H and O–H groups in total. The van der Waals surface area contributed by atoms with E-state index in [9.17, 15) is 5.11 Å². The molecule has 114 valence electrons. The third-order valence-electron chi connectivity index (χ3n) is 3.25. The zero-order valence-corrected chi connectivity index (χ0v) is 12.9. The molecule has 0 amide bonds. The number of ether oxygens (including phenoxy) is 1. The Balaban J connectivity index is 1.95. The van der Waals surface area contributed by atoms with Crippen LogP contribution in [0, 0.1) is 5.92 Å². The van der Waals surface area contributed by atoms with Crippen LogP contribution < -0.4 is 4.74 Å². The maximum absolute atomic E-state index is 9.76. The van der Waals surface area contributed by atoms with Gasteiger partial charge in [0.2, 0.25) is 0 Å². The molecule has 0 radical (unpaired) electrons. The molecule has 0 saturated carbocycles. The van der Waals surface area contributed by atoms with Gasteiger partial charge in [0.15, 0.2) is 5.82 Å². The van der Waals surface area contributed by atoms with Crippen molar-refractivity contribution in [3.8, 4) is 5.75 Å². The van der Waals surface area contributed by atoms with E-state index in [1.165, 1.54) is 0 Å². The fourth-order valence-corrected chi connectivity index (χ4v) is 2.07. The number of aliphatic hydroxyl groups is 1. The number of aromatic nitrogens is 3. The standard InChI is InChI=1S/C16H23N3O2/c1-4-15(20)13-5-7-14(8-6-13)21-10-16-17-11-18-19(16)9-12(2)3/h5-8,11-12,15,20H,4,9-10H2,1-3H3/t15-/m0/s1. The van der Waals surface area contributed by atoms with Gasteiger partial charge in [-0.05, 0) is 30.0 Å². The molecule has 1 aromatic carbocycles. The molecule has 0 aliphatic heterocycles. The van der Waals surface area contributed by atoms with Gasteiger partial charge in [0.1, 0.15) is 18.7 Å². The largest absolute Gasteiger partial charge is 0.486 e. The third kappa shape index (κ3) is 4.29. The van der Waals surface area contributed by atoms with E-state index in [1.54, 1.807) is 6.33 Å². The number of nitrogens with zero attached hydrogens (tertiary/aromatic N) is 3. The van der Waals surface area contributed by atoms with Crippen LogP contribution in [-0.2, 0) is 13.2 Å². The van der Waals surface area contributed by atoms with Crippen LogP contribution in [0.5, 0.6) is 5.75 Å². The molecular formula is C16H23N3O2. The normalized spacial score (nSPS) is 12.6. The van der Waals surface area contributed by atoms with Gasteiger partial charge in [-0.1, -0.05) is 32.9 Å². The zero-order valence-electron chi connectivity index (χ0n) is 12.9. The predicted octanol–water partition coefficient (Wildman–Crippen LogP) is 2.96. The summed E-state index contributed by atoms with van der Waals surface area (Å²) < 4.78 is 7.61. The molecule has 21 heavy (non-hydrogen) atoms. The summed E-state index contributed by atoms with van der Waals surface area (Å²) in [5.41, 5.74) is 0.910. The lowest BCUT2D eigenvalue weighted by Gasteiger charge is -2.11. The highest BCUT2D eigenvalue weighted by molar-refractivity contribution is 5.28. The molecule has 2 rings (SSSR count). The fourth-order valence-electron chi connectivity index (χ4n) is 2.07. The van der Waals surface area contributed by atoms with E-state index < -0.39 is 6.10 Å². The Morgan fingerprint density at radius 3 is 2.57 bits per heavy atom. The Hall–Kier alpha value is -1.88. The Bertz CT molecular complexity index is 549. The second-order valence-corrected chi connectivity index (χ2v) is 5.53. The second kappa shape index (κ2) is 7.22. The maximum Gasteiger partial charge on any atom is 0.164 e. The molecule has 0 fully saturated rings. The summed E-state index contributed by atoms with van der Waals surface area (Å²) in [5.74, 6) is 2.10. The van der Waals surface area contributed by atoms with Crippen molar-refractivity contribution in [3.63, 3.8) is 0 Å². The molecule has 0 saturated heterocycles. The van der Waals surface area contributed by atoms with Gasteiger partial charge in [-0.25, -0.2) is 9.67 Å². The number of benzene rings is 1. The Morgan fingerprint density at radius 2 is 1.95 bits per heavy atom. The van der Waals surface area contributed by atoms with Crippen molar-refractivity contribution >= 4 is 0 Å². The van der Waals surface area contributed by atoms with Crippen LogP contribution in [0.25, 0.3) is 0 Å². The minimum atomic E-state index is -0.409. The van der Waals surface area contributed by atoms with Crippen molar-refractivity contribution < 1.29 is 9.84 Å². The summed E-state index contributed by atoms with van der Waals surface area (Å²) in [6.45, 7) is 7.47. The van der Waals surface area contributed by atoms with Crippen molar-refractivity contribution in [1.29, 1.82) is 0 Å². The zero-order chi connectivity index (χ0) is 15.2. The quantitative estimate of drug-likeness (QED) is 0.851. The molecule has 1 aromatic heterocycles. The Labute approximate surface area is 125 Å². The topological polar surface area (TPSA) is 60.2 Å². The number of hydrogen-bond donors (Lipinski definition) is 1. The highest BCUT2D eigenvalue weighted by atomic mass is 16.5. The summed E-state index contributed by atoms with van der Waals surface area (Å²) in [7, 11) is 0. The van der Waals surface area contributed by atoms with Gasteiger partial charge in [-0.2, -0.15) is 5.10 Å². The van der Waals surface area contributed by atoms with E-state index >= 15 is 0 Å². The van der Waals surface area contributed by atoms with E-state index in [1.807, 2.05) is 35.9 Å². The lowest BCUT2D eigenvalue weighted by Crippen LogP contribution is -2.12. The highest BCUT2D eigenvalue weighted by Crippen LogP contribution is 2.20. The van der Waals surface area contributed by atoms with E-state index in [0.717, 1.165) is 23.7 Å². The highest BCUT2D eigenvalue weighted by Gasteiger charge is 2.08. The van der Waals surface area contributed by atoms with Crippen LogP contribution in [0.15, 0.2) is 30.6 Å². The van der Waals surface area contributed by atoms with Gasteiger partial charge in [0.25, 0.3) is 0 Å². The molecule has 0 aliphatic carbocycles. The monoisotopic (exact) mass is 289 g/mol. The average Bonchev–Trinajstić information content (AvgIpc) is 2.91. The summed E-state index contributed by atoms with van der Waals surface area (Å²) in [5, 5.41) is 14.0. The summed E-state index contributed by atoms with van der Waals surface area (Å²) in [6.07, 6.45) is 1.86. The molecule has 1 atom stereocenters. The van der Waals surface area contributed by atoms with Gasteiger partial charge in [-0.15, -0.1) is 0 Å². The van der Waals surface area contributed by atoms with E-state index in [0.29, 0.717) is 18.9 Å². The summed E-state index contributed by atoms with van der Waals surface area (Å²) >= 11 is 0. The van der Waals surface area contributed by atoms with Crippen LogP contribution in [-0.4, -0.2) is 19.9 Å². The molecule has 2 aromatic rings. The van der Waals surface area contributed by atoms with Gasteiger partial charge in [-0.3, -0.25) is 0 Å². The average molecular weight is 289 g/mol. The molecule has 0 bridgehead atoms. The van der Waals surface area contributed by atoms with Crippen LogP contribution in [0.3, 0.4) is 0 Å². The van der Waals surface area contributed by atoms with Crippen molar-refractivity contribution in [2.45, 2.75) is 46.4 Å². The Kier molecular flexibility index (Phi) is 5.33. The van der Waals surface area contributed by atoms with Crippen molar-refractivity contribution in [2.75, 3.05) is 0 Å². The first-order chi connectivity index (χ1) is 10.1. The molecule has 0 aliphatic rings. The van der Waals surface area contributed by atoms with Crippen molar-refractivity contribution in [1.82, 2.24) is 14.8 Å². The fraction of sp³-hybridized carbons (Fsp3) is 0.500. The van der Waals surface area contributed by atoms with Gasteiger partial charge < -0.3 is 9.84 Å². The molecule has 0 spiro atoms. The van der Waals surface area contributed by atoms with Crippen LogP contribution in [0.1, 0.15) is 44.7 Å². The van der Waals surface area contributed by atoms with Crippen molar-refractivity contribution in [3.05, 3.63) is 42.0 Å². The molecule has 1 heterocycles. The SMILES string of the molecule is CC[C@H](O)c1ccc(OCc2ncnn2CC(C)C)cc1. The molecule has 5 nitrogen and oxygen atoms in total. The first-order valence-corrected chi connectivity index (χ1v) is 7.37. The minimum absolute atomic E-state index is 0.391. The van der Waals surface area contributed by atoms with E-state index in [-0.39, 0.29) is 0 Å². The molecule has 0 unspecified atom stereocenters. The smallest absolute Gasteiger partial charge is 0.164 e. The number of rotatable bonds is 7. The van der Waals surface area contributed by atoms with Gasteiger partial charge >= 0.3 is 0 Å². The van der Waals surface area contributed by atoms with Gasteiger partial charge in [0.05, 0.1) is 6.10 Å². The first kappa shape index (κ1) is 15.5. The minimum Gasteiger partial charge on any atom is -0.486 e. The summed E-state index contributed by atoms with van der Waals surface area (Å²) in [4.78, 5) is 4.23. The van der Waals surface area contributed by atoms with Crippen molar-refractivity contribution in [2.24, 2.45) is 5.92 Å². The first-order valence-electron chi connectivity index (χ1n) is 7.37. The lowest BCUT2D eigenvalue weighted by atomic mass is 10.1. The van der Waals surface area contributed by atoms with Crippen LogP contribution in [0.4, 0.5) is 0 Å². The lowest BCUT2D eigenvalue weighted by molar-refractivity contribution is 0.173. The van der Waals surface area contributed by atoms with E-state index in [2.05, 4.69) is 23.9 Å². The van der Waals surface area contributed by atoms with Gasteiger partial charge in [0, 0.05) is 6.54 Å². The molecular weight excluding hydrogens is 266 g/mol. The van der Waals surface area contributed by atoms with E-state index in [4.69, 9.17) is 4.74 Å². The second-order valence-electron chi connectivity index (χ2n) is 5.53. The van der Waals surface area contributed by atoms with Crippen LogP contribution in [0.2, 0.25) is 0 Å². The molecule has 5 heteroatoms. The number of hydrogen-bond acceptors (Lipinski definition) is 4. The number of aliphatic hydroxyl groups excluding tert-OH is 1. The summed E-state index contributed by atoms with van der Waals surface area (Å²) in [6, 6.07) is 7.53. The predicted molar refractivity (Wildman–Crippen MR) is 80.9 cm³/mol. The maximum atomic E-state index is 9.76. The Morgan fingerprint density at radius 1 is 1.24 bits per heavy atom. The van der Waals surface area contributed by atoms with Crippen LogP contribution >= 0.6 is 0 Å². The third-order valence-corrected chi connectivity index (χ3v) is 3.25.